The van der Waals surface area contributed by atoms with Crippen LogP contribution in [-0.2, 0) is 14.8 Å². The number of hydrogen-bond acceptors (Lipinski definition) is 4. The third-order valence-electron chi connectivity index (χ3n) is 3.35. The summed E-state index contributed by atoms with van der Waals surface area (Å²) in [6.45, 7) is 0.427. The minimum Gasteiger partial charge on any atom is -0.294 e. The number of sulfonamides is 1. The van der Waals surface area contributed by atoms with Crippen molar-refractivity contribution in [2.45, 2.75) is 17.7 Å². The Bertz CT molecular complexity index is 588. The second-order valence-electron chi connectivity index (χ2n) is 4.66. The van der Waals surface area contributed by atoms with Crippen LogP contribution in [0, 0.1) is 11.7 Å². The molecule has 1 aliphatic rings. The van der Waals surface area contributed by atoms with Crippen molar-refractivity contribution in [2.75, 3.05) is 13.1 Å². The molecule has 0 unspecified atom stereocenters. The first kappa shape index (κ1) is 14.9. The van der Waals surface area contributed by atoms with Crippen LogP contribution in [0.4, 0.5) is 4.39 Å². The molecule has 0 saturated carbocycles. The van der Waals surface area contributed by atoms with Crippen LogP contribution in [-0.4, -0.2) is 31.7 Å². The number of nitrogens with two attached hydrogens (primary N) is 1. The van der Waals surface area contributed by atoms with Gasteiger partial charge in [0.05, 0.1) is 10.8 Å². The lowest BCUT2D eigenvalue weighted by Crippen LogP contribution is -2.46. The quantitative estimate of drug-likeness (QED) is 0.474. The van der Waals surface area contributed by atoms with Gasteiger partial charge in [0.25, 0.3) is 0 Å². The van der Waals surface area contributed by atoms with Crippen LogP contribution >= 0.6 is 0 Å². The molecule has 1 aromatic rings. The minimum atomic E-state index is -3.71. The molecular weight excluding hydrogens is 285 g/mol. The summed E-state index contributed by atoms with van der Waals surface area (Å²) in [5, 5.41) is 0. The standard InChI is InChI=1S/C12H16FN3O3S/c13-10-3-5-11(6-4-10)20(18,19)16-7-1-2-9(8-16)12(17)15-14/h3-6,9H,1-2,7-8,14H2,(H,15,17)/t9-/m0/s1. The van der Waals surface area contributed by atoms with Crippen molar-refractivity contribution < 1.29 is 17.6 Å². The molecule has 1 amide bonds. The second kappa shape index (κ2) is 5.86. The Kier molecular flexibility index (Phi) is 4.36. The van der Waals surface area contributed by atoms with Gasteiger partial charge in [0.2, 0.25) is 15.9 Å². The summed E-state index contributed by atoms with van der Waals surface area (Å²) in [4.78, 5) is 11.5. The van der Waals surface area contributed by atoms with Crippen molar-refractivity contribution in [2.24, 2.45) is 11.8 Å². The van der Waals surface area contributed by atoms with Crippen LogP contribution in [0.1, 0.15) is 12.8 Å². The number of nitrogens with zero attached hydrogens (tertiary/aromatic N) is 1. The molecule has 0 aromatic heterocycles. The summed E-state index contributed by atoms with van der Waals surface area (Å²) in [5.41, 5.74) is 2.04. The molecule has 8 heteroatoms. The molecule has 1 fully saturated rings. The number of carbonyl (C=O) groups excluding carboxylic acids is 1. The third kappa shape index (κ3) is 2.97. The summed E-state index contributed by atoms with van der Waals surface area (Å²) < 4.78 is 38.9. The number of amides is 1. The normalized spacial score (nSPS) is 20.6. The largest absolute Gasteiger partial charge is 0.294 e. The molecule has 6 nitrogen and oxygen atoms in total. The molecule has 0 radical (unpaired) electrons. The topological polar surface area (TPSA) is 92.5 Å². The molecule has 0 bridgehead atoms. The fraction of sp³-hybridized carbons (Fsp3) is 0.417. The second-order valence-corrected chi connectivity index (χ2v) is 6.60. The molecule has 3 N–H and O–H groups in total. The van der Waals surface area contributed by atoms with E-state index in [1.54, 1.807) is 0 Å². The molecular formula is C12H16FN3O3S. The molecule has 1 aliphatic heterocycles. The van der Waals surface area contributed by atoms with Crippen LogP contribution in [0.15, 0.2) is 29.2 Å². The zero-order valence-corrected chi connectivity index (χ0v) is 11.6. The molecule has 1 saturated heterocycles. The third-order valence-corrected chi connectivity index (χ3v) is 5.23. The van der Waals surface area contributed by atoms with E-state index in [0.29, 0.717) is 19.4 Å². The van der Waals surface area contributed by atoms with Gasteiger partial charge >= 0.3 is 0 Å². The Morgan fingerprint density at radius 1 is 1.35 bits per heavy atom. The number of hydrogen-bond donors (Lipinski definition) is 2. The smallest absolute Gasteiger partial charge is 0.243 e. The van der Waals surface area contributed by atoms with Gasteiger partial charge in [0.1, 0.15) is 5.82 Å². The summed E-state index contributed by atoms with van der Waals surface area (Å²) in [6, 6.07) is 4.64. The summed E-state index contributed by atoms with van der Waals surface area (Å²) in [7, 11) is -3.71. The fourth-order valence-corrected chi connectivity index (χ4v) is 3.77. The monoisotopic (exact) mass is 301 g/mol. The maximum absolute atomic E-state index is 12.9. The van der Waals surface area contributed by atoms with Gasteiger partial charge in [-0.05, 0) is 37.1 Å². The first-order chi connectivity index (χ1) is 9.45. The van der Waals surface area contributed by atoms with Gasteiger partial charge in [-0.3, -0.25) is 10.2 Å². The molecule has 0 spiro atoms. The van der Waals surface area contributed by atoms with Crippen LogP contribution in [0.25, 0.3) is 0 Å². The number of rotatable bonds is 3. The maximum atomic E-state index is 12.9. The summed E-state index contributed by atoms with van der Waals surface area (Å²) in [6.07, 6.45) is 1.18. The van der Waals surface area contributed by atoms with Crippen molar-refractivity contribution in [3.8, 4) is 0 Å². The number of benzene rings is 1. The lowest BCUT2D eigenvalue weighted by atomic mass is 9.99. The average molecular weight is 301 g/mol. The van der Waals surface area contributed by atoms with E-state index < -0.39 is 21.8 Å². The Labute approximate surface area is 116 Å². The number of nitrogens with one attached hydrogen (secondary N) is 1. The van der Waals surface area contributed by atoms with Crippen LogP contribution in [0.2, 0.25) is 0 Å². The zero-order valence-electron chi connectivity index (χ0n) is 10.8. The Balaban J connectivity index is 2.21. The van der Waals surface area contributed by atoms with E-state index in [-0.39, 0.29) is 17.3 Å². The van der Waals surface area contributed by atoms with E-state index in [9.17, 15) is 17.6 Å². The zero-order chi connectivity index (χ0) is 14.8. The summed E-state index contributed by atoms with van der Waals surface area (Å²) >= 11 is 0. The average Bonchev–Trinajstić information content (AvgIpc) is 2.47. The predicted molar refractivity (Wildman–Crippen MR) is 70.2 cm³/mol. The highest BCUT2D eigenvalue weighted by Crippen LogP contribution is 2.23. The Hall–Kier alpha value is -1.51. The molecule has 110 valence electrons. The van der Waals surface area contributed by atoms with Crippen molar-refractivity contribution in [1.29, 1.82) is 0 Å². The fourth-order valence-electron chi connectivity index (χ4n) is 2.25. The molecule has 2 rings (SSSR count). The van der Waals surface area contributed by atoms with E-state index in [1.807, 2.05) is 5.43 Å². The van der Waals surface area contributed by atoms with E-state index in [1.165, 1.54) is 16.4 Å². The van der Waals surface area contributed by atoms with Crippen LogP contribution in [0.5, 0.6) is 0 Å². The highest BCUT2D eigenvalue weighted by atomic mass is 32.2. The van der Waals surface area contributed by atoms with Crippen LogP contribution < -0.4 is 11.3 Å². The number of piperidine rings is 1. The maximum Gasteiger partial charge on any atom is 0.243 e. The van der Waals surface area contributed by atoms with Gasteiger partial charge in [-0.1, -0.05) is 0 Å². The van der Waals surface area contributed by atoms with Gasteiger partial charge in [-0.15, -0.1) is 0 Å². The predicted octanol–water partition coefficient (Wildman–Crippen LogP) is 0.216. The number of carbonyl (C=O) groups is 1. The molecule has 1 heterocycles. The van der Waals surface area contributed by atoms with E-state index >= 15 is 0 Å². The SMILES string of the molecule is NNC(=O)[C@H]1CCCN(S(=O)(=O)c2ccc(F)cc2)C1. The highest BCUT2D eigenvalue weighted by Gasteiger charge is 2.32. The van der Waals surface area contributed by atoms with Crippen molar-refractivity contribution in [1.82, 2.24) is 9.73 Å². The van der Waals surface area contributed by atoms with E-state index in [2.05, 4.69) is 0 Å². The Morgan fingerprint density at radius 2 is 2.00 bits per heavy atom. The van der Waals surface area contributed by atoms with Gasteiger partial charge < -0.3 is 0 Å². The highest BCUT2D eigenvalue weighted by molar-refractivity contribution is 7.89. The minimum absolute atomic E-state index is 0.0210. The van der Waals surface area contributed by atoms with E-state index in [0.717, 1.165) is 12.1 Å². The molecule has 1 aromatic carbocycles. The van der Waals surface area contributed by atoms with Crippen molar-refractivity contribution in [3.63, 3.8) is 0 Å². The van der Waals surface area contributed by atoms with Gasteiger partial charge in [0.15, 0.2) is 0 Å². The molecule has 1 atom stereocenters. The Morgan fingerprint density at radius 3 is 2.60 bits per heavy atom. The van der Waals surface area contributed by atoms with Gasteiger partial charge in [-0.2, -0.15) is 4.31 Å². The molecule has 20 heavy (non-hydrogen) atoms. The van der Waals surface area contributed by atoms with Crippen LogP contribution in [0.3, 0.4) is 0 Å². The first-order valence-electron chi connectivity index (χ1n) is 6.21. The molecule has 0 aliphatic carbocycles. The van der Waals surface area contributed by atoms with Crippen molar-refractivity contribution in [3.05, 3.63) is 30.1 Å². The van der Waals surface area contributed by atoms with Gasteiger partial charge in [0, 0.05) is 13.1 Å². The summed E-state index contributed by atoms with van der Waals surface area (Å²) in [5.74, 6) is 3.75. The number of hydrazine groups is 1. The lowest BCUT2D eigenvalue weighted by molar-refractivity contribution is -0.126. The van der Waals surface area contributed by atoms with Gasteiger partial charge in [-0.25, -0.2) is 18.7 Å². The van der Waals surface area contributed by atoms with Crippen molar-refractivity contribution >= 4 is 15.9 Å². The number of halogens is 1. The first-order valence-corrected chi connectivity index (χ1v) is 7.65. The lowest BCUT2D eigenvalue weighted by Gasteiger charge is -2.30. The van der Waals surface area contributed by atoms with E-state index in [4.69, 9.17) is 5.84 Å².